The highest BCUT2D eigenvalue weighted by Gasteiger charge is 2.48. The third kappa shape index (κ3) is 5.44. The van der Waals surface area contributed by atoms with E-state index in [2.05, 4.69) is 33.9 Å². The second-order valence-corrected chi connectivity index (χ2v) is 15.6. The van der Waals surface area contributed by atoms with Crippen LogP contribution in [0, 0.1) is 13.8 Å². The molecule has 1 saturated heterocycles. The Balaban J connectivity index is 1.77. The van der Waals surface area contributed by atoms with Gasteiger partial charge in [-0.05, 0) is 54.2 Å². The quantitative estimate of drug-likeness (QED) is 0.538. The molecule has 3 N–H and O–H groups in total. The van der Waals surface area contributed by atoms with Gasteiger partial charge in [-0.2, -0.15) is 0 Å². The lowest BCUT2D eigenvalue weighted by Crippen LogP contribution is -2.61. The van der Waals surface area contributed by atoms with E-state index < -0.39 is 51.2 Å². The number of methoxy groups -OCH3 is 1. The number of aliphatic hydroxyl groups is 3. The molecule has 0 unspecified atom stereocenters. The van der Waals surface area contributed by atoms with Gasteiger partial charge in [0, 0.05) is 7.11 Å². The van der Waals surface area contributed by atoms with E-state index in [1.807, 2.05) is 32.1 Å². The van der Waals surface area contributed by atoms with Crippen LogP contribution < -0.4 is 0 Å². The number of rotatable bonds is 6. The highest BCUT2D eigenvalue weighted by molar-refractivity contribution is 6.74. The molecular weight excluding hydrogens is 440 g/mol. The number of hydrogen-bond donors (Lipinski definition) is 3. The molecule has 0 bridgehead atoms. The number of benzene rings is 1. The monoisotopic (exact) mass is 480 g/mol. The van der Waals surface area contributed by atoms with E-state index in [0.717, 1.165) is 22.3 Å². The van der Waals surface area contributed by atoms with Gasteiger partial charge < -0.3 is 34.0 Å². The second-order valence-electron chi connectivity index (χ2n) is 10.8. The minimum Gasteiger partial charge on any atom is -0.414 e. The van der Waals surface area contributed by atoms with Gasteiger partial charge in [-0.1, -0.05) is 45.1 Å². The average molecular weight is 481 g/mol. The van der Waals surface area contributed by atoms with E-state index in [1.165, 1.54) is 7.11 Å². The minimum atomic E-state index is -2.08. The molecule has 7 nitrogen and oxygen atoms in total. The Morgan fingerprint density at radius 1 is 1.03 bits per heavy atom. The topological polar surface area (TPSA) is 97.6 Å². The van der Waals surface area contributed by atoms with Crippen LogP contribution in [-0.4, -0.2) is 74.2 Å². The second kappa shape index (κ2) is 9.87. The Labute approximate surface area is 198 Å². The predicted molar refractivity (Wildman–Crippen MR) is 129 cm³/mol. The summed E-state index contributed by atoms with van der Waals surface area (Å²) in [4.78, 5) is 0. The summed E-state index contributed by atoms with van der Waals surface area (Å²) in [6, 6.07) is 3.99. The molecule has 2 aliphatic rings. The van der Waals surface area contributed by atoms with Crippen molar-refractivity contribution in [3.05, 3.63) is 40.5 Å². The van der Waals surface area contributed by atoms with E-state index in [4.69, 9.17) is 18.6 Å². The molecule has 0 amide bonds. The summed E-state index contributed by atoms with van der Waals surface area (Å²) in [5.41, 5.74) is 3.93. The lowest BCUT2D eigenvalue weighted by atomic mass is 9.89. The molecule has 1 aliphatic heterocycles. The molecule has 0 saturated carbocycles. The fourth-order valence-corrected chi connectivity index (χ4v) is 4.96. The molecule has 0 aromatic heterocycles. The molecule has 8 heteroatoms. The first-order valence-corrected chi connectivity index (χ1v) is 14.5. The van der Waals surface area contributed by atoms with Crippen molar-refractivity contribution in [2.45, 2.75) is 95.7 Å². The molecule has 1 fully saturated rings. The summed E-state index contributed by atoms with van der Waals surface area (Å²) in [6.07, 6.45) is -3.10. The van der Waals surface area contributed by atoms with Crippen molar-refractivity contribution in [3.8, 4) is 0 Å². The van der Waals surface area contributed by atoms with Gasteiger partial charge in [-0.3, -0.25) is 0 Å². The molecule has 1 aromatic carbocycles. The lowest BCUT2D eigenvalue weighted by molar-refractivity contribution is -0.307. The van der Waals surface area contributed by atoms with Crippen molar-refractivity contribution in [3.63, 3.8) is 0 Å². The third-order valence-electron chi connectivity index (χ3n) is 7.40. The van der Waals surface area contributed by atoms with Crippen LogP contribution in [0.5, 0.6) is 0 Å². The summed E-state index contributed by atoms with van der Waals surface area (Å²) >= 11 is 0. The van der Waals surface area contributed by atoms with E-state index in [1.54, 1.807) is 6.08 Å². The Kier molecular flexibility index (Phi) is 7.93. The number of ether oxygens (including phenoxy) is 3. The Bertz CT molecular complexity index is 863. The van der Waals surface area contributed by atoms with Crippen molar-refractivity contribution in [2.75, 3.05) is 13.7 Å². The van der Waals surface area contributed by atoms with Crippen LogP contribution in [0.25, 0.3) is 6.08 Å². The molecule has 1 aromatic rings. The molecular formula is C25H40O7Si. The van der Waals surface area contributed by atoms with Crippen LogP contribution in [0.2, 0.25) is 18.1 Å². The van der Waals surface area contributed by atoms with Gasteiger partial charge in [0.2, 0.25) is 0 Å². The lowest BCUT2D eigenvalue weighted by Gasteiger charge is -2.45. The summed E-state index contributed by atoms with van der Waals surface area (Å²) < 4.78 is 23.5. The molecule has 3 rings (SSSR count). The standard InChI is InChI=1S/C25H40O7Si/c1-14-11-16-9-10-18(20(26)17(16)12-15(14)2)31-23-21(27)19(32-24(29-6)22(23)28)13-30-33(7,8)25(3,4)5/h9-12,18-24,26-28H,13H2,1-8H3/t18-,19-,20-,21-,22+,23+,24+/m1/s1. The van der Waals surface area contributed by atoms with Gasteiger partial charge in [-0.25, -0.2) is 0 Å². The van der Waals surface area contributed by atoms with E-state index >= 15 is 0 Å². The van der Waals surface area contributed by atoms with Gasteiger partial charge in [0.05, 0.1) is 6.61 Å². The average Bonchev–Trinajstić information content (AvgIpc) is 2.73. The highest BCUT2D eigenvalue weighted by atomic mass is 28.4. The van der Waals surface area contributed by atoms with Gasteiger partial charge >= 0.3 is 0 Å². The minimum absolute atomic E-state index is 0.00354. The van der Waals surface area contributed by atoms with E-state index in [9.17, 15) is 15.3 Å². The molecule has 33 heavy (non-hydrogen) atoms. The van der Waals surface area contributed by atoms with Crippen molar-refractivity contribution in [1.29, 1.82) is 0 Å². The Morgan fingerprint density at radius 2 is 1.67 bits per heavy atom. The van der Waals surface area contributed by atoms with Crippen LogP contribution >= 0.6 is 0 Å². The largest absolute Gasteiger partial charge is 0.414 e. The fourth-order valence-electron chi connectivity index (χ4n) is 3.95. The van der Waals surface area contributed by atoms with Gasteiger partial charge in [-0.15, -0.1) is 0 Å². The first-order chi connectivity index (χ1) is 15.3. The molecule has 7 atom stereocenters. The Morgan fingerprint density at radius 3 is 2.27 bits per heavy atom. The highest BCUT2D eigenvalue weighted by Crippen LogP contribution is 2.38. The van der Waals surface area contributed by atoms with Crippen molar-refractivity contribution < 1.29 is 34.0 Å². The van der Waals surface area contributed by atoms with Crippen LogP contribution in [0.3, 0.4) is 0 Å². The summed E-state index contributed by atoms with van der Waals surface area (Å²) in [7, 11) is -0.644. The smallest absolute Gasteiger partial charge is 0.192 e. The zero-order valence-corrected chi connectivity index (χ0v) is 22.0. The molecule has 1 heterocycles. The van der Waals surface area contributed by atoms with Crippen molar-refractivity contribution in [1.82, 2.24) is 0 Å². The number of hydrogen-bond acceptors (Lipinski definition) is 7. The zero-order chi connectivity index (χ0) is 24.7. The fraction of sp³-hybridized carbons (Fsp3) is 0.680. The predicted octanol–water partition coefficient (Wildman–Crippen LogP) is 3.23. The molecule has 0 spiro atoms. The summed E-state index contributed by atoms with van der Waals surface area (Å²) in [5.74, 6) is 0. The maximum atomic E-state index is 11.1. The third-order valence-corrected chi connectivity index (χ3v) is 11.9. The molecule has 186 valence electrons. The maximum absolute atomic E-state index is 11.1. The zero-order valence-electron chi connectivity index (χ0n) is 21.0. The van der Waals surface area contributed by atoms with Crippen LogP contribution in [0.15, 0.2) is 18.2 Å². The Hall–Kier alpha value is -1.10. The van der Waals surface area contributed by atoms with Gasteiger partial charge in [0.15, 0.2) is 14.6 Å². The maximum Gasteiger partial charge on any atom is 0.192 e. The van der Waals surface area contributed by atoms with E-state index in [0.29, 0.717) is 0 Å². The van der Waals surface area contributed by atoms with E-state index in [-0.39, 0.29) is 11.6 Å². The number of aryl methyl sites for hydroxylation is 2. The van der Waals surface area contributed by atoms with Gasteiger partial charge in [0.25, 0.3) is 0 Å². The van der Waals surface area contributed by atoms with Crippen molar-refractivity contribution in [2.24, 2.45) is 0 Å². The molecule has 0 radical (unpaired) electrons. The van der Waals surface area contributed by atoms with Crippen molar-refractivity contribution >= 4 is 14.4 Å². The first kappa shape index (κ1) is 26.5. The first-order valence-electron chi connectivity index (χ1n) is 11.6. The summed E-state index contributed by atoms with van der Waals surface area (Å²) in [6.45, 7) is 14.9. The van der Waals surface area contributed by atoms with Gasteiger partial charge in [0.1, 0.15) is 36.6 Å². The number of fused-ring (bicyclic) bond motifs is 1. The van der Waals surface area contributed by atoms with Crippen LogP contribution in [-0.2, 0) is 18.6 Å². The SMILES string of the molecule is CO[C@H]1O[C@H](CO[Si](C)(C)C(C)(C)C)[C@@H](O)[C@H](O[C@@H]2C=Cc3cc(C)c(C)cc3[C@H]2O)[C@@H]1O. The normalized spacial score (nSPS) is 32.6. The summed E-state index contributed by atoms with van der Waals surface area (Å²) in [5, 5.41) is 32.9. The van der Waals surface area contributed by atoms with Crippen LogP contribution in [0.1, 0.15) is 49.1 Å². The number of aliphatic hydroxyl groups excluding tert-OH is 3. The van der Waals surface area contributed by atoms with Crippen LogP contribution in [0.4, 0.5) is 0 Å². The molecule has 1 aliphatic carbocycles.